The number of pyridine rings is 1. The minimum Gasteiger partial charge on any atom is -0.478 e. The van der Waals surface area contributed by atoms with Gasteiger partial charge in [0, 0.05) is 6.04 Å². The first-order valence-electron chi connectivity index (χ1n) is 6.80. The molecule has 5 nitrogen and oxygen atoms in total. The van der Waals surface area contributed by atoms with Crippen LogP contribution in [0.4, 0.5) is 11.5 Å². The highest BCUT2D eigenvalue weighted by Gasteiger charge is 2.13. The summed E-state index contributed by atoms with van der Waals surface area (Å²) in [5.41, 5.74) is 6.04. The summed E-state index contributed by atoms with van der Waals surface area (Å²) in [6, 6.07) is 1.63. The quantitative estimate of drug-likeness (QED) is 0.628. The van der Waals surface area contributed by atoms with E-state index in [0.29, 0.717) is 11.5 Å². The normalized spacial score (nSPS) is 12.1. The zero-order chi connectivity index (χ0) is 14.3. The summed E-state index contributed by atoms with van der Waals surface area (Å²) in [4.78, 5) is 15.2. The number of hydrogen-bond acceptors (Lipinski definition) is 4. The zero-order valence-electron chi connectivity index (χ0n) is 11.6. The van der Waals surface area contributed by atoms with Gasteiger partial charge in [-0.1, -0.05) is 32.6 Å². The second kappa shape index (κ2) is 7.61. The number of aromatic carboxylic acids is 1. The molecule has 4 N–H and O–H groups in total. The summed E-state index contributed by atoms with van der Waals surface area (Å²) >= 11 is 0. The van der Waals surface area contributed by atoms with Crippen LogP contribution in [-0.2, 0) is 0 Å². The number of hydrogen-bond donors (Lipinski definition) is 3. The van der Waals surface area contributed by atoms with E-state index in [1.54, 1.807) is 0 Å². The molecule has 5 heteroatoms. The molecule has 0 amide bonds. The Morgan fingerprint density at radius 1 is 1.47 bits per heavy atom. The summed E-state index contributed by atoms with van der Waals surface area (Å²) in [7, 11) is 0. The van der Waals surface area contributed by atoms with E-state index in [4.69, 9.17) is 10.8 Å². The molecule has 0 bridgehead atoms. The van der Waals surface area contributed by atoms with Crippen molar-refractivity contribution in [1.29, 1.82) is 0 Å². The third-order valence-electron chi connectivity index (χ3n) is 3.01. The number of rotatable bonds is 8. The summed E-state index contributed by atoms with van der Waals surface area (Å²) < 4.78 is 0. The number of unbranched alkanes of at least 4 members (excludes halogenated alkanes) is 3. The maximum absolute atomic E-state index is 11.1. The number of nitrogens with one attached hydrogen (secondary N) is 1. The monoisotopic (exact) mass is 265 g/mol. The van der Waals surface area contributed by atoms with Crippen molar-refractivity contribution in [3.05, 3.63) is 17.8 Å². The summed E-state index contributed by atoms with van der Waals surface area (Å²) in [6.45, 7) is 4.22. The summed E-state index contributed by atoms with van der Waals surface area (Å²) in [5.74, 6) is -0.620. The molecule has 0 aliphatic heterocycles. The van der Waals surface area contributed by atoms with Gasteiger partial charge in [-0.15, -0.1) is 0 Å². The molecule has 0 saturated carbocycles. The van der Waals surface area contributed by atoms with E-state index in [1.165, 1.54) is 31.5 Å². The second-order valence-electron chi connectivity index (χ2n) is 4.86. The van der Waals surface area contributed by atoms with Crippen molar-refractivity contribution in [3.8, 4) is 0 Å². The minimum absolute atomic E-state index is 0.125. The average Bonchev–Trinajstić information content (AvgIpc) is 2.36. The van der Waals surface area contributed by atoms with E-state index in [0.717, 1.165) is 12.8 Å². The number of nitrogens with two attached hydrogens (primary N) is 1. The van der Waals surface area contributed by atoms with Crippen LogP contribution < -0.4 is 11.1 Å². The molecule has 1 heterocycles. The van der Waals surface area contributed by atoms with Crippen LogP contribution in [0.2, 0.25) is 0 Å². The largest absolute Gasteiger partial charge is 0.478 e. The van der Waals surface area contributed by atoms with Crippen LogP contribution in [0.25, 0.3) is 0 Å². The number of nitrogen functional groups attached to an aromatic ring is 1. The molecule has 0 radical (unpaired) electrons. The lowest BCUT2D eigenvalue weighted by Gasteiger charge is -2.16. The van der Waals surface area contributed by atoms with Crippen LogP contribution >= 0.6 is 0 Å². The van der Waals surface area contributed by atoms with Crippen molar-refractivity contribution in [2.75, 3.05) is 11.1 Å². The van der Waals surface area contributed by atoms with E-state index in [9.17, 15) is 4.79 Å². The zero-order valence-corrected chi connectivity index (χ0v) is 11.6. The first-order valence-corrected chi connectivity index (χ1v) is 6.80. The third-order valence-corrected chi connectivity index (χ3v) is 3.01. The summed E-state index contributed by atoms with van der Waals surface area (Å²) in [6.07, 6.45) is 7.28. The Morgan fingerprint density at radius 2 is 2.21 bits per heavy atom. The van der Waals surface area contributed by atoms with E-state index >= 15 is 0 Å². The van der Waals surface area contributed by atoms with E-state index in [1.807, 2.05) is 6.92 Å². The van der Waals surface area contributed by atoms with Crippen LogP contribution in [0.1, 0.15) is 56.3 Å². The molecule has 0 aromatic carbocycles. The highest BCUT2D eigenvalue weighted by Crippen LogP contribution is 2.18. The maximum atomic E-state index is 11.1. The Bertz CT molecular complexity index is 421. The Hall–Kier alpha value is -1.78. The molecule has 0 aliphatic carbocycles. The third kappa shape index (κ3) is 5.16. The first-order chi connectivity index (χ1) is 9.04. The molecule has 0 spiro atoms. The molecule has 0 saturated heterocycles. The predicted molar refractivity (Wildman–Crippen MR) is 77.5 cm³/mol. The lowest BCUT2D eigenvalue weighted by Crippen LogP contribution is -2.18. The second-order valence-corrected chi connectivity index (χ2v) is 4.86. The molecule has 1 rings (SSSR count). The van der Waals surface area contributed by atoms with Crippen molar-refractivity contribution in [2.24, 2.45) is 0 Å². The SMILES string of the molecule is CCCCCCC(C)Nc1ncc(N)cc1C(=O)O. The van der Waals surface area contributed by atoms with Crippen molar-refractivity contribution in [1.82, 2.24) is 4.98 Å². The van der Waals surface area contributed by atoms with Crippen LogP contribution in [0.3, 0.4) is 0 Å². The van der Waals surface area contributed by atoms with Crippen molar-refractivity contribution in [3.63, 3.8) is 0 Å². The number of carboxylic acids is 1. The number of carboxylic acid groups (broad SMARTS) is 1. The fourth-order valence-electron chi connectivity index (χ4n) is 1.94. The van der Waals surface area contributed by atoms with Gasteiger partial charge in [0.15, 0.2) is 0 Å². The van der Waals surface area contributed by atoms with E-state index in [2.05, 4.69) is 17.2 Å². The molecular weight excluding hydrogens is 242 g/mol. The molecule has 1 aromatic heterocycles. The van der Waals surface area contributed by atoms with E-state index in [-0.39, 0.29) is 11.6 Å². The molecule has 19 heavy (non-hydrogen) atoms. The highest BCUT2D eigenvalue weighted by atomic mass is 16.4. The van der Waals surface area contributed by atoms with Gasteiger partial charge in [0.05, 0.1) is 11.9 Å². The van der Waals surface area contributed by atoms with Gasteiger partial charge in [-0.25, -0.2) is 9.78 Å². The molecular formula is C14H23N3O2. The fraction of sp³-hybridized carbons (Fsp3) is 0.571. The maximum Gasteiger partial charge on any atom is 0.339 e. The average molecular weight is 265 g/mol. The van der Waals surface area contributed by atoms with Gasteiger partial charge in [0.25, 0.3) is 0 Å². The highest BCUT2D eigenvalue weighted by molar-refractivity contribution is 5.94. The molecule has 1 aromatic rings. The fourth-order valence-corrected chi connectivity index (χ4v) is 1.94. The molecule has 1 unspecified atom stereocenters. The van der Waals surface area contributed by atoms with Crippen molar-refractivity contribution >= 4 is 17.5 Å². The lowest BCUT2D eigenvalue weighted by atomic mass is 10.1. The standard InChI is InChI=1S/C14H23N3O2/c1-3-4-5-6-7-10(2)17-13-12(14(18)19)8-11(15)9-16-13/h8-10H,3-7,15H2,1-2H3,(H,16,17)(H,18,19). The smallest absolute Gasteiger partial charge is 0.339 e. The molecule has 0 fully saturated rings. The van der Waals surface area contributed by atoms with Crippen molar-refractivity contribution < 1.29 is 9.90 Å². The topological polar surface area (TPSA) is 88.2 Å². The Balaban J connectivity index is 2.58. The van der Waals surface area contributed by atoms with Crippen LogP contribution in [-0.4, -0.2) is 22.1 Å². The van der Waals surface area contributed by atoms with Crippen LogP contribution in [0.15, 0.2) is 12.3 Å². The number of anilines is 2. The molecule has 106 valence electrons. The molecule has 0 aliphatic rings. The van der Waals surface area contributed by atoms with Crippen molar-refractivity contribution in [2.45, 2.75) is 52.0 Å². The van der Waals surface area contributed by atoms with Gasteiger partial charge < -0.3 is 16.2 Å². The van der Waals surface area contributed by atoms with Gasteiger partial charge in [-0.05, 0) is 19.4 Å². The van der Waals surface area contributed by atoms with Gasteiger partial charge in [-0.2, -0.15) is 0 Å². The summed E-state index contributed by atoms with van der Waals surface area (Å²) in [5, 5.41) is 12.3. The Morgan fingerprint density at radius 3 is 2.84 bits per heavy atom. The van der Waals surface area contributed by atoms with Crippen LogP contribution in [0.5, 0.6) is 0 Å². The predicted octanol–water partition coefficient (Wildman–Crippen LogP) is 3.13. The molecule has 1 atom stereocenters. The number of aromatic nitrogens is 1. The lowest BCUT2D eigenvalue weighted by molar-refractivity contribution is 0.0697. The Labute approximate surface area is 114 Å². The number of carbonyl (C=O) groups is 1. The number of nitrogens with zero attached hydrogens (tertiary/aromatic N) is 1. The van der Waals surface area contributed by atoms with Gasteiger partial charge in [-0.3, -0.25) is 0 Å². The Kier molecular flexibility index (Phi) is 6.12. The first kappa shape index (κ1) is 15.3. The van der Waals surface area contributed by atoms with Gasteiger partial charge in [0.2, 0.25) is 0 Å². The van der Waals surface area contributed by atoms with Crippen LogP contribution in [0, 0.1) is 0 Å². The van der Waals surface area contributed by atoms with Gasteiger partial charge in [0.1, 0.15) is 11.4 Å². The van der Waals surface area contributed by atoms with Gasteiger partial charge >= 0.3 is 5.97 Å². The minimum atomic E-state index is -1.01. The van der Waals surface area contributed by atoms with E-state index < -0.39 is 5.97 Å².